The Labute approximate surface area is 127 Å². The van der Waals surface area contributed by atoms with Crippen LogP contribution in [0.1, 0.15) is 11.6 Å². The minimum absolute atomic E-state index is 0.410. The van der Waals surface area contributed by atoms with E-state index in [2.05, 4.69) is 5.32 Å². The zero-order valence-electron chi connectivity index (χ0n) is 10.8. The lowest BCUT2D eigenvalue weighted by molar-refractivity contribution is -0.141. The van der Waals surface area contributed by atoms with E-state index in [1.807, 2.05) is 30.3 Å². The topological polar surface area (TPSA) is 38.3 Å². The van der Waals surface area contributed by atoms with Crippen LogP contribution in [0.25, 0.3) is 0 Å². The second-order valence-electron chi connectivity index (χ2n) is 4.17. The first kappa shape index (κ1) is 14.7. The van der Waals surface area contributed by atoms with Crippen molar-refractivity contribution in [3.63, 3.8) is 0 Å². The molecule has 0 radical (unpaired) electrons. The largest absolute Gasteiger partial charge is 0.467 e. The third-order valence-corrected chi connectivity index (χ3v) is 3.18. The van der Waals surface area contributed by atoms with Gasteiger partial charge in [-0.15, -0.1) is 0 Å². The fraction of sp³-hybridized carbons (Fsp3) is 0.133. The molecule has 0 aliphatic rings. The van der Waals surface area contributed by atoms with E-state index in [1.165, 1.54) is 7.11 Å². The summed E-state index contributed by atoms with van der Waals surface area (Å²) in [5.74, 6) is -0.410. The lowest BCUT2D eigenvalue weighted by atomic mass is 10.1. The summed E-state index contributed by atoms with van der Waals surface area (Å²) >= 11 is 12.0. The van der Waals surface area contributed by atoms with Gasteiger partial charge < -0.3 is 10.1 Å². The lowest BCUT2D eigenvalue weighted by Gasteiger charge is -2.18. The molecule has 1 unspecified atom stereocenters. The second kappa shape index (κ2) is 6.64. The van der Waals surface area contributed by atoms with Crippen LogP contribution in [0.4, 0.5) is 5.69 Å². The second-order valence-corrected chi connectivity index (χ2v) is 5.04. The predicted molar refractivity (Wildman–Crippen MR) is 81.3 cm³/mol. The summed E-state index contributed by atoms with van der Waals surface area (Å²) in [4.78, 5) is 12.0. The Morgan fingerprint density at radius 2 is 1.70 bits per heavy atom. The number of rotatable bonds is 4. The number of benzene rings is 2. The van der Waals surface area contributed by atoms with Crippen LogP contribution < -0.4 is 5.32 Å². The summed E-state index contributed by atoms with van der Waals surface area (Å²) < 4.78 is 4.83. The number of ether oxygens (including phenoxy) is 1. The lowest BCUT2D eigenvalue weighted by Crippen LogP contribution is -2.22. The zero-order valence-corrected chi connectivity index (χ0v) is 12.3. The predicted octanol–water partition coefficient (Wildman–Crippen LogP) is 4.32. The van der Waals surface area contributed by atoms with Crippen molar-refractivity contribution in [2.75, 3.05) is 12.4 Å². The van der Waals surface area contributed by atoms with Crippen LogP contribution in [0.15, 0.2) is 48.5 Å². The maximum Gasteiger partial charge on any atom is 0.332 e. The van der Waals surface area contributed by atoms with E-state index in [4.69, 9.17) is 27.9 Å². The van der Waals surface area contributed by atoms with Crippen molar-refractivity contribution in [2.24, 2.45) is 0 Å². The van der Waals surface area contributed by atoms with Gasteiger partial charge in [0.15, 0.2) is 6.04 Å². The van der Waals surface area contributed by atoms with Crippen molar-refractivity contribution in [1.82, 2.24) is 0 Å². The first-order valence-corrected chi connectivity index (χ1v) is 6.71. The SMILES string of the molecule is COC(=O)C(Nc1ccccc1)c1cc(Cl)cc(Cl)c1. The molecular formula is C15H13Cl2NO2. The van der Waals surface area contributed by atoms with Crippen LogP contribution >= 0.6 is 23.2 Å². The van der Waals surface area contributed by atoms with Crippen molar-refractivity contribution in [1.29, 1.82) is 0 Å². The molecule has 3 nitrogen and oxygen atoms in total. The number of carbonyl (C=O) groups is 1. The zero-order chi connectivity index (χ0) is 14.5. The number of carbonyl (C=O) groups excluding carboxylic acids is 1. The van der Waals surface area contributed by atoms with Gasteiger partial charge in [0.05, 0.1) is 7.11 Å². The quantitative estimate of drug-likeness (QED) is 0.855. The Morgan fingerprint density at radius 3 is 2.25 bits per heavy atom. The highest BCUT2D eigenvalue weighted by Gasteiger charge is 2.22. The van der Waals surface area contributed by atoms with Crippen LogP contribution in [0, 0.1) is 0 Å². The molecule has 0 heterocycles. The molecule has 0 aliphatic heterocycles. The first-order valence-electron chi connectivity index (χ1n) is 5.95. The van der Waals surface area contributed by atoms with Crippen LogP contribution in [-0.2, 0) is 9.53 Å². The number of halogens is 2. The third kappa shape index (κ3) is 3.65. The van der Waals surface area contributed by atoms with Crippen LogP contribution in [0.5, 0.6) is 0 Å². The smallest absolute Gasteiger partial charge is 0.332 e. The summed E-state index contributed by atoms with van der Waals surface area (Å²) in [6.07, 6.45) is 0. The molecule has 2 aromatic rings. The average Bonchev–Trinajstić information content (AvgIpc) is 2.44. The molecule has 0 saturated carbocycles. The first-order chi connectivity index (χ1) is 9.60. The highest BCUT2D eigenvalue weighted by Crippen LogP contribution is 2.27. The molecular weight excluding hydrogens is 297 g/mol. The highest BCUT2D eigenvalue weighted by molar-refractivity contribution is 6.34. The number of hydrogen-bond acceptors (Lipinski definition) is 3. The normalized spacial score (nSPS) is 11.8. The Morgan fingerprint density at radius 1 is 1.10 bits per heavy atom. The number of anilines is 1. The standard InChI is InChI=1S/C15H13Cl2NO2/c1-20-15(19)14(18-13-5-3-2-4-6-13)10-7-11(16)9-12(17)8-10/h2-9,14,18H,1H3. The number of methoxy groups -OCH3 is 1. The van der Waals surface area contributed by atoms with Crippen LogP contribution in [0.2, 0.25) is 10.0 Å². The van der Waals surface area contributed by atoms with E-state index >= 15 is 0 Å². The molecule has 0 saturated heterocycles. The Bertz CT molecular complexity index is 582. The van der Waals surface area contributed by atoms with Crippen molar-refractivity contribution in [3.05, 3.63) is 64.1 Å². The van der Waals surface area contributed by atoms with E-state index in [9.17, 15) is 4.79 Å². The molecule has 0 aromatic heterocycles. The molecule has 5 heteroatoms. The Balaban J connectivity index is 2.34. The molecule has 104 valence electrons. The molecule has 2 rings (SSSR count). The van der Waals surface area contributed by atoms with Gasteiger partial charge in [-0.05, 0) is 35.9 Å². The number of esters is 1. The van der Waals surface area contributed by atoms with Gasteiger partial charge in [-0.2, -0.15) is 0 Å². The fourth-order valence-electron chi connectivity index (χ4n) is 1.84. The molecule has 0 fully saturated rings. The maximum absolute atomic E-state index is 12.0. The summed E-state index contributed by atoms with van der Waals surface area (Å²) in [6.45, 7) is 0. The van der Waals surface area contributed by atoms with Gasteiger partial charge >= 0.3 is 5.97 Å². The molecule has 0 aliphatic carbocycles. The third-order valence-electron chi connectivity index (χ3n) is 2.74. The van der Waals surface area contributed by atoms with E-state index in [-0.39, 0.29) is 0 Å². The van der Waals surface area contributed by atoms with E-state index in [1.54, 1.807) is 18.2 Å². The van der Waals surface area contributed by atoms with Crippen molar-refractivity contribution in [2.45, 2.75) is 6.04 Å². The molecule has 20 heavy (non-hydrogen) atoms. The van der Waals surface area contributed by atoms with Crippen LogP contribution in [0.3, 0.4) is 0 Å². The van der Waals surface area contributed by atoms with Crippen molar-refractivity contribution >= 4 is 34.9 Å². The van der Waals surface area contributed by atoms with E-state index < -0.39 is 12.0 Å². The molecule has 0 bridgehead atoms. The molecule has 1 atom stereocenters. The van der Waals surface area contributed by atoms with Gasteiger partial charge in [0.25, 0.3) is 0 Å². The van der Waals surface area contributed by atoms with Gasteiger partial charge in [0, 0.05) is 15.7 Å². The highest BCUT2D eigenvalue weighted by atomic mass is 35.5. The number of hydrogen-bond donors (Lipinski definition) is 1. The summed E-state index contributed by atoms with van der Waals surface area (Å²) in [6, 6.07) is 13.7. The minimum Gasteiger partial charge on any atom is -0.467 e. The molecule has 0 spiro atoms. The van der Waals surface area contributed by atoms with Gasteiger partial charge in [-0.3, -0.25) is 0 Å². The fourth-order valence-corrected chi connectivity index (χ4v) is 2.38. The van der Waals surface area contributed by atoms with Gasteiger partial charge in [0.1, 0.15) is 0 Å². The molecule has 1 N–H and O–H groups in total. The van der Waals surface area contributed by atoms with Crippen molar-refractivity contribution < 1.29 is 9.53 Å². The number of para-hydroxylation sites is 1. The minimum atomic E-state index is -0.668. The van der Waals surface area contributed by atoms with Gasteiger partial charge in [-0.25, -0.2) is 4.79 Å². The van der Waals surface area contributed by atoms with E-state index in [0.29, 0.717) is 15.6 Å². The van der Waals surface area contributed by atoms with Gasteiger partial charge in [-0.1, -0.05) is 41.4 Å². The molecule has 2 aromatic carbocycles. The maximum atomic E-state index is 12.0. The number of nitrogens with one attached hydrogen (secondary N) is 1. The van der Waals surface area contributed by atoms with Crippen molar-refractivity contribution in [3.8, 4) is 0 Å². The Hall–Kier alpha value is -1.71. The summed E-state index contributed by atoms with van der Waals surface area (Å²) in [7, 11) is 1.34. The monoisotopic (exact) mass is 309 g/mol. The molecule has 0 amide bonds. The van der Waals surface area contributed by atoms with Gasteiger partial charge in [0.2, 0.25) is 0 Å². The van der Waals surface area contributed by atoms with E-state index in [0.717, 1.165) is 5.69 Å². The van der Waals surface area contributed by atoms with Crippen LogP contribution in [-0.4, -0.2) is 13.1 Å². The average molecular weight is 310 g/mol. The Kier molecular flexibility index (Phi) is 4.88. The summed E-state index contributed by atoms with van der Waals surface area (Å²) in [5.41, 5.74) is 1.46. The summed E-state index contributed by atoms with van der Waals surface area (Å²) in [5, 5.41) is 4.05.